The van der Waals surface area contributed by atoms with E-state index in [4.69, 9.17) is 4.74 Å². The second-order valence-electron chi connectivity index (χ2n) is 6.45. The largest absolute Gasteiger partial charge is 0.497 e. The van der Waals surface area contributed by atoms with Crippen molar-refractivity contribution in [2.45, 2.75) is 45.2 Å². The summed E-state index contributed by atoms with van der Waals surface area (Å²) in [5, 5.41) is 2.99. The molecule has 0 radical (unpaired) electrons. The average molecular weight is 304 g/mol. The number of hydrogen-bond acceptors (Lipinski definition) is 3. The van der Waals surface area contributed by atoms with Crippen LogP contribution in [0.1, 0.15) is 38.2 Å². The lowest BCUT2D eigenvalue weighted by molar-refractivity contribution is -0.122. The predicted octanol–water partition coefficient (Wildman–Crippen LogP) is 2.82. The molecule has 1 saturated carbocycles. The van der Waals surface area contributed by atoms with Crippen LogP contribution in [0, 0.1) is 5.92 Å². The summed E-state index contributed by atoms with van der Waals surface area (Å²) in [6.07, 6.45) is 4.98. The number of nitrogens with one attached hydrogen (secondary N) is 1. The van der Waals surface area contributed by atoms with Crippen molar-refractivity contribution >= 4 is 5.91 Å². The van der Waals surface area contributed by atoms with Gasteiger partial charge in [0, 0.05) is 12.6 Å². The Kier molecular flexibility index (Phi) is 6.25. The van der Waals surface area contributed by atoms with Crippen molar-refractivity contribution in [1.82, 2.24) is 10.2 Å². The van der Waals surface area contributed by atoms with Gasteiger partial charge in [-0.3, -0.25) is 9.69 Å². The van der Waals surface area contributed by atoms with Crippen LogP contribution in [-0.4, -0.2) is 37.6 Å². The fourth-order valence-corrected chi connectivity index (χ4v) is 3.04. The maximum Gasteiger partial charge on any atom is 0.234 e. The molecule has 0 atom stereocenters. The highest BCUT2D eigenvalue weighted by Crippen LogP contribution is 2.26. The summed E-state index contributed by atoms with van der Waals surface area (Å²) in [6.45, 7) is 3.37. The molecule has 4 nitrogen and oxygen atoms in total. The van der Waals surface area contributed by atoms with E-state index in [-0.39, 0.29) is 5.91 Å². The Morgan fingerprint density at radius 3 is 2.45 bits per heavy atom. The van der Waals surface area contributed by atoms with E-state index in [2.05, 4.69) is 24.2 Å². The molecule has 0 saturated heterocycles. The minimum absolute atomic E-state index is 0.0944. The molecule has 1 amide bonds. The highest BCUT2D eigenvalue weighted by Gasteiger charge is 2.22. The van der Waals surface area contributed by atoms with Gasteiger partial charge in [0.15, 0.2) is 0 Å². The van der Waals surface area contributed by atoms with Crippen molar-refractivity contribution in [2.24, 2.45) is 5.92 Å². The molecule has 0 unspecified atom stereocenters. The lowest BCUT2D eigenvalue weighted by atomic mass is 9.87. The number of rotatable bonds is 6. The molecule has 1 fully saturated rings. The van der Waals surface area contributed by atoms with E-state index in [0.717, 1.165) is 17.2 Å². The maximum absolute atomic E-state index is 12.1. The summed E-state index contributed by atoms with van der Waals surface area (Å²) in [4.78, 5) is 14.3. The van der Waals surface area contributed by atoms with E-state index in [9.17, 15) is 4.79 Å². The number of ether oxygens (including phenoxy) is 1. The maximum atomic E-state index is 12.1. The molecule has 122 valence electrons. The van der Waals surface area contributed by atoms with Crippen LogP contribution in [0.4, 0.5) is 0 Å². The zero-order valence-corrected chi connectivity index (χ0v) is 14.0. The predicted molar refractivity (Wildman–Crippen MR) is 88.9 cm³/mol. The molecule has 22 heavy (non-hydrogen) atoms. The van der Waals surface area contributed by atoms with Gasteiger partial charge in [-0.05, 0) is 56.3 Å². The molecule has 0 aromatic heterocycles. The van der Waals surface area contributed by atoms with Gasteiger partial charge in [-0.15, -0.1) is 0 Å². The van der Waals surface area contributed by atoms with Crippen LogP contribution >= 0.6 is 0 Å². The smallest absolute Gasteiger partial charge is 0.234 e. The van der Waals surface area contributed by atoms with Crippen LogP contribution in [0.2, 0.25) is 0 Å². The van der Waals surface area contributed by atoms with Gasteiger partial charge in [0.1, 0.15) is 5.75 Å². The lowest BCUT2D eigenvalue weighted by Crippen LogP contribution is -2.41. The minimum atomic E-state index is 0.0944. The zero-order chi connectivity index (χ0) is 15.9. The zero-order valence-electron chi connectivity index (χ0n) is 14.0. The average Bonchev–Trinajstić information content (AvgIpc) is 2.54. The van der Waals surface area contributed by atoms with Gasteiger partial charge in [0.2, 0.25) is 5.91 Å². The SMILES string of the molecule is COc1ccc(CNC(=O)CN(C)C2CCC(C)CC2)cc1. The minimum Gasteiger partial charge on any atom is -0.497 e. The van der Waals surface area contributed by atoms with Crippen LogP contribution < -0.4 is 10.1 Å². The fourth-order valence-electron chi connectivity index (χ4n) is 3.04. The van der Waals surface area contributed by atoms with Crippen molar-refractivity contribution in [3.63, 3.8) is 0 Å². The van der Waals surface area contributed by atoms with E-state index in [1.165, 1.54) is 25.7 Å². The van der Waals surface area contributed by atoms with Gasteiger partial charge < -0.3 is 10.1 Å². The second kappa shape index (κ2) is 8.18. The summed E-state index contributed by atoms with van der Waals surface area (Å²) in [6, 6.07) is 8.34. The van der Waals surface area contributed by atoms with E-state index in [1.807, 2.05) is 24.3 Å². The van der Waals surface area contributed by atoms with Crippen LogP contribution in [0.25, 0.3) is 0 Å². The quantitative estimate of drug-likeness (QED) is 0.878. The number of carbonyl (C=O) groups is 1. The summed E-state index contributed by atoms with van der Waals surface area (Å²) in [5.74, 6) is 1.77. The van der Waals surface area contributed by atoms with Crippen molar-refractivity contribution < 1.29 is 9.53 Å². The summed E-state index contributed by atoms with van der Waals surface area (Å²) in [7, 11) is 3.71. The van der Waals surface area contributed by atoms with Gasteiger partial charge >= 0.3 is 0 Å². The van der Waals surface area contributed by atoms with Crippen molar-refractivity contribution in [1.29, 1.82) is 0 Å². The molecule has 1 N–H and O–H groups in total. The first-order valence-corrected chi connectivity index (χ1v) is 8.18. The lowest BCUT2D eigenvalue weighted by Gasteiger charge is -2.33. The Balaban J connectivity index is 1.72. The Labute approximate surface area is 133 Å². The fraction of sp³-hybridized carbons (Fsp3) is 0.611. The molecule has 2 rings (SSSR count). The Hall–Kier alpha value is -1.55. The van der Waals surface area contributed by atoms with Crippen LogP contribution in [0.3, 0.4) is 0 Å². The third kappa shape index (κ3) is 5.02. The second-order valence-corrected chi connectivity index (χ2v) is 6.45. The van der Waals surface area contributed by atoms with Crippen molar-refractivity contribution in [3.05, 3.63) is 29.8 Å². The molecule has 1 aliphatic carbocycles. The summed E-state index contributed by atoms with van der Waals surface area (Å²) >= 11 is 0. The molecular formula is C18H28N2O2. The van der Waals surface area contributed by atoms with E-state index >= 15 is 0 Å². The van der Waals surface area contributed by atoms with Gasteiger partial charge in [-0.1, -0.05) is 19.1 Å². The molecule has 1 aromatic rings. The van der Waals surface area contributed by atoms with Crippen LogP contribution in [-0.2, 0) is 11.3 Å². The van der Waals surface area contributed by atoms with Gasteiger partial charge in [-0.2, -0.15) is 0 Å². The first kappa shape index (κ1) is 16.8. The Morgan fingerprint density at radius 1 is 1.23 bits per heavy atom. The summed E-state index contributed by atoms with van der Waals surface area (Å²) in [5.41, 5.74) is 1.09. The van der Waals surface area contributed by atoms with Crippen LogP contribution in [0.15, 0.2) is 24.3 Å². The third-order valence-corrected chi connectivity index (χ3v) is 4.65. The van der Waals surface area contributed by atoms with E-state index < -0.39 is 0 Å². The van der Waals surface area contributed by atoms with Gasteiger partial charge in [0.25, 0.3) is 0 Å². The van der Waals surface area contributed by atoms with Gasteiger partial charge in [-0.25, -0.2) is 0 Å². The van der Waals surface area contributed by atoms with E-state index in [0.29, 0.717) is 19.1 Å². The number of methoxy groups -OCH3 is 1. The monoisotopic (exact) mass is 304 g/mol. The Bertz CT molecular complexity index is 464. The standard InChI is InChI=1S/C18H28N2O2/c1-14-4-8-16(9-5-14)20(2)13-18(21)19-12-15-6-10-17(22-3)11-7-15/h6-7,10-11,14,16H,4-5,8-9,12-13H2,1-3H3,(H,19,21). The first-order chi connectivity index (χ1) is 10.6. The molecule has 0 heterocycles. The highest BCUT2D eigenvalue weighted by molar-refractivity contribution is 5.78. The van der Waals surface area contributed by atoms with Crippen molar-refractivity contribution in [3.8, 4) is 5.75 Å². The molecule has 0 bridgehead atoms. The van der Waals surface area contributed by atoms with Crippen molar-refractivity contribution in [2.75, 3.05) is 20.7 Å². The molecular weight excluding hydrogens is 276 g/mol. The van der Waals surface area contributed by atoms with E-state index in [1.54, 1.807) is 7.11 Å². The normalized spacial score (nSPS) is 21.6. The number of amides is 1. The number of hydrogen-bond donors (Lipinski definition) is 1. The van der Waals surface area contributed by atoms with Crippen LogP contribution in [0.5, 0.6) is 5.75 Å². The number of nitrogens with zero attached hydrogens (tertiary/aromatic N) is 1. The molecule has 0 aliphatic heterocycles. The number of likely N-dealkylation sites (N-methyl/N-ethyl adjacent to an activating group) is 1. The topological polar surface area (TPSA) is 41.6 Å². The number of benzene rings is 1. The molecule has 1 aromatic carbocycles. The Morgan fingerprint density at radius 2 is 1.86 bits per heavy atom. The summed E-state index contributed by atoms with van der Waals surface area (Å²) < 4.78 is 5.13. The molecule has 0 spiro atoms. The van der Waals surface area contributed by atoms with Gasteiger partial charge in [0.05, 0.1) is 13.7 Å². The molecule has 1 aliphatic rings. The number of carbonyl (C=O) groups excluding carboxylic acids is 1. The molecule has 4 heteroatoms. The highest BCUT2D eigenvalue weighted by atomic mass is 16.5. The first-order valence-electron chi connectivity index (χ1n) is 8.18. The third-order valence-electron chi connectivity index (χ3n) is 4.65.